The lowest BCUT2D eigenvalue weighted by molar-refractivity contribution is -0.121. The highest BCUT2D eigenvalue weighted by atomic mass is 32.2. The molecular weight excluding hydrogens is 384 g/mol. The van der Waals surface area contributed by atoms with Gasteiger partial charge in [-0.1, -0.05) is 29.9 Å². The molecule has 1 unspecified atom stereocenters. The first-order valence-corrected chi connectivity index (χ1v) is 11.5. The van der Waals surface area contributed by atoms with Crippen molar-refractivity contribution in [2.24, 2.45) is 0 Å². The molecule has 0 spiro atoms. The van der Waals surface area contributed by atoms with Crippen LogP contribution >= 0.6 is 23.5 Å². The summed E-state index contributed by atoms with van der Waals surface area (Å²) in [7, 11) is 3.95. The van der Waals surface area contributed by atoms with Crippen LogP contribution in [0.4, 0.5) is 9.59 Å². The number of carbonyl (C=O) groups is 3. The molecule has 9 heteroatoms. The molecule has 27 heavy (non-hydrogen) atoms. The lowest BCUT2D eigenvalue weighted by Gasteiger charge is -2.15. The number of rotatable bonds is 14. The van der Waals surface area contributed by atoms with Crippen LogP contribution in [0.15, 0.2) is 0 Å². The van der Waals surface area contributed by atoms with Crippen molar-refractivity contribution in [1.82, 2.24) is 20.9 Å². The van der Waals surface area contributed by atoms with E-state index in [1.54, 1.807) is 0 Å². The first kappa shape index (κ1) is 26.1. The Bertz CT molecular complexity index is 437. The highest BCUT2D eigenvalue weighted by Gasteiger charge is 2.15. The summed E-state index contributed by atoms with van der Waals surface area (Å²) in [5.41, 5.74) is 0. The number of amides is 3. The third kappa shape index (κ3) is 16.9. The van der Waals surface area contributed by atoms with E-state index in [-0.39, 0.29) is 21.6 Å². The Morgan fingerprint density at radius 3 is 2.22 bits per heavy atom. The van der Waals surface area contributed by atoms with Gasteiger partial charge in [-0.15, -0.1) is 0 Å². The summed E-state index contributed by atoms with van der Waals surface area (Å²) in [5.74, 6) is 0.769. The number of carbonyl (C=O) groups excluding carboxylic acids is 3. The van der Waals surface area contributed by atoms with Crippen molar-refractivity contribution in [2.75, 3.05) is 46.0 Å². The van der Waals surface area contributed by atoms with Crippen molar-refractivity contribution in [3.05, 3.63) is 0 Å². The van der Waals surface area contributed by atoms with Crippen LogP contribution in [-0.2, 0) is 4.79 Å². The van der Waals surface area contributed by atoms with Gasteiger partial charge in [-0.3, -0.25) is 14.4 Å². The van der Waals surface area contributed by atoms with Gasteiger partial charge in [0.1, 0.15) is 0 Å². The van der Waals surface area contributed by atoms with Gasteiger partial charge >= 0.3 is 0 Å². The van der Waals surface area contributed by atoms with Crippen LogP contribution in [0.3, 0.4) is 0 Å². The van der Waals surface area contributed by atoms with Crippen LogP contribution in [-0.4, -0.2) is 72.6 Å². The minimum absolute atomic E-state index is 0.0198. The summed E-state index contributed by atoms with van der Waals surface area (Å²) in [4.78, 5) is 37.2. The van der Waals surface area contributed by atoms with Crippen LogP contribution in [0.25, 0.3) is 0 Å². The summed E-state index contributed by atoms with van der Waals surface area (Å²) in [5, 5.41) is 8.60. The fourth-order valence-corrected chi connectivity index (χ4v) is 4.28. The first-order valence-electron chi connectivity index (χ1n) is 9.65. The molecule has 0 radical (unpaired) electrons. The molecule has 0 aromatic heterocycles. The van der Waals surface area contributed by atoms with Crippen LogP contribution in [0.1, 0.15) is 46.0 Å². The minimum Gasteiger partial charge on any atom is -0.355 e. The van der Waals surface area contributed by atoms with Crippen molar-refractivity contribution in [1.29, 1.82) is 0 Å². The molecule has 0 bridgehead atoms. The Kier molecular flexibility index (Phi) is 16.6. The summed E-state index contributed by atoms with van der Waals surface area (Å²) >= 11 is 2.57. The number of likely N-dealkylation sites (N-methyl/N-ethyl adjacent to an activating group) is 1. The minimum atomic E-state index is -0.0214. The van der Waals surface area contributed by atoms with Gasteiger partial charge < -0.3 is 20.9 Å². The second-order valence-electron chi connectivity index (χ2n) is 6.41. The molecule has 3 amide bonds. The average molecular weight is 421 g/mol. The number of thioether (sulfide) groups is 2. The normalized spacial score (nSPS) is 11.9. The number of nitrogens with one attached hydrogen (secondary N) is 3. The van der Waals surface area contributed by atoms with E-state index in [2.05, 4.69) is 16.0 Å². The zero-order chi connectivity index (χ0) is 20.5. The molecule has 0 saturated heterocycles. The molecule has 0 heterocycles. The topological polar surface area (TPSA) is 90.5 Å². The monoisotopic (exact) mass is 420 g/mol. The molecule has 0 rings (SSSR count). The number of nitrogens with zero attached hydrogens (tertiary/aromatic N) is 1. The van der Waals surface area contributed by atoms with Gasteiger partial charge in [0.25, 0.3) is 10.5 Å². The van der Waals surface area contributed by atoms with Crippen molar-refractivity contribution < 1.29 is 14.4 Å². The summed E-state index contributed by atoms with van der Waals surface area (Å²) in [6, 6.07) is 0. The van der Waals surface area contributed by atoms with Crippen molar-refractivity contribution >= 4 is 39.9 Å². The number of unbranched alkanes of at least 4 members (excludes halogenated alkanes) is 1. The zero-order valence-corrected chi connectivity index (χ0v) is 18.8. The Labute approximate surface area is 172 Å². The molecule has 0 aromatic carbocycles. The van der Waals surface area contributed by atoms with E-state index in [4.69, 9.17) is 0 Å². The van der Waals surface area contributed by atoms with Gasteiger partial charge in [0.15, 0.2) is 0 Å². The maximum absolute atomic E-state index is 11.9. The molecule has 1 atom stereocenters. The molecule has 158 valence electrons. The second-order valence-corrected chi connectivity index (χ2v) is 8.75. The molecule has 0 aliphatic rings. The maximum Gasteiger partial charge on any atom is 0.279 e. The average Bonchev–Trinajstić information content (AvgIpc) is 2.58. The molecule has 7 nitrogen and oxygen atoms in total. The third-order valence-corrected chi connectivity index (χ3v) is 5.66. The largest absolute Gasteiger partial charge is 0.355 e. The summed E-state index contributed by atoms with van der Waals surface area (Å²) < 4.78 is 0. The predicted molar refractivity (Wildman–Crippen MR) is 117 cm³/mol. The van der Waals surface area contributed by atoms with Gasteiger partial charge in [-0.2, -0.15) is 0 Å². The fraction of sp³-hybridized carbons (Fsp3) is 0.833. The van der Waals surface area contributed by atoms with Gasteiger partial charge in [0, 0.05) is 43.6 Å². The van der Waals surface area contributed by atoms with Crippen LogP contribution in [0.2, 0.25) is 0 Å². The van der Waals surface area contributed by atoms with Crippen LogP contribution < -0.4 is 16.0 Å². The summed E-state index contributed by atoms with van der Waals surface area (Å²) in [6.07, 6.45) is 3.87. The van der Waals surface area contributed by atoms with E-state index in [0.29, 0.717) is 31.8 Å². The van der Waals surface area contributed by atoms with Crippen LogP contribution in [0, 0.1) is 0 Å². The Morgan fingerprint density at radius 1 is 0.926 bits per heavy atom. The number of hydrogen-bond donors (Lipinski definition) is 3. The van der Waals surface area contributed by atoms with Crippen LogP contribution in [0.5, 0.6) is 0 Å². The lowest BCUT2D eigenvalue weighted by atomic mass is 10.1. The molecule has 0 aromatic rings. The van der Waals surface area contributed by atoms with Crippen molar-refractivity contribution in [3.63, 3.8) is 0 Å². The smallest absolute Gasteiger partial charge is 0.279 e. The van der Waals surface area contributed by atoms with E-state index in [0.717, 1.165) is 32.2 Å². The fourth-order valence-electron chi connectivity index (χ4n) is 2.24. The molecular formula is C18H36N4O3S2. The van der Waals surface area contributed by atoms with Gasteiger partial charge in [0.05, 0.1) is 0 Å². The van der Waals surface area contributed by atoms with Gasteiger partial charge in [-0.05, 0) is 47.2 Å². The first-order chi connectivity index (χ1) is 12.9. The SMILES string of the molecule is CCNC(=O)SCCC(CCCCC(=O)NCCN(C)C)SC(=O)NCC. The summed E-state index contributed by atoms with van der Waals surface area (Å²) in [6.45, 7) is 6.52. The molecule has 0 fully saturated rings. The molecule has 0 saturated carbocycles. The third-order valence-electron chi connectivity index (χ3n) is 3.65. The predicted octanol–water partition coefficient (Wildman–Crippen LogP) is 2.91. The van der Waals surface area contributed by atoms with E-state index in [1.807, 2.05) is 32.8 Å². The van der Waals surface area contributed by atoms with Gasteiger partial charge in [-0.25, -0.2) is 0 Å². The number of hydrogen-bond acceptors (Lipinski definition) is 6. The van der Waals surface area contributed by atoms with Crippen molar-refractivity contribution in [3.8, 4) is 0 Å². The second kappa shape index (κ2) is 17.2. The molecule has 3 N–H and O–H groups in total. The van der Waals surface area contributed by atoms with Crippen molar-refractivity contribution in [2.45, 2.75) is 51.2 Å². The van der Waals surface area contributed by atoms with E-state index in [9.17, 15) is 14.4 Å². The van der Waals surface area contributed by atoms with Gasteiger partial charge in [0.2, 0.25) is 5.91 Å². The molecule has 0 aliphatic carbocycles. The quantitative estimate of drug-likeness (QED) is 0.374. The standard InChI is InChI=1S/C18H36N4O3S2/c1-5-19-17(24)26-14-11-15(27-18(25)20-6-2)9-7-8-10-16(23)21-12-13-22(3)4/h15H,5-14H2,1-4H3,(H,19,24)(H,20,25)(H,21,23). The Balaban J connectivity index is 4.12. The lowest BCUT2D eigenvalue weighted by Crippen LogP contribution is -2.31. The highest BCUT2D eigenvalue weighted by Crippen LogP contribution is 2.24. The maximum atomic E-state index is 11.9. The highest BCUT2D eigenvalue weighted by molar-refractivity contribution is 8.14. The zero-order valence-electron chi connectivity index (χ0n) is 17.1. The van der Waals surface area contributed by atoms with E-state index < -0.39 is 0 Å². The van der Waals surface area contributed by atoms with E-state index >= 15 is 0 Å². The van der Waals surface area contributed by atoms with E-state index in [1.165, 1.54) is 23.5 Å². The Hall–Kier alpha value is -0.930. The Morgan fingerprint density at radius 2 is 1.59 bits per heavy atom. The molecule has 0 aliphatic heterocycles.